The molecule has 0 aliphatic carbocycles. The maximum Gasteiger partial charge on any atom is 0.351 e. The summed E-state index contributed by atoms with van der Waals surface area (Å²) in [6.07, 6.45) is 3.79. The van der Waals surface area contributed by atoms with Gasteiger partial charge in [0, 0.05) is 27.3 Å². The molecule has 0 aliphatic rings. The number of allylic oxidation sites excluding steroid dienone is 1. The van der Waals surface area contributed by atoms with Gasteiger partial charge in [0.1, 0.15) is 5.78 Å². The van der Waals surface area contributed by atoms with Crippen LogP contribution in [0.4, 0.5) is 0 Å². The van der Waals surface area contributed by atoms with Crippen molar-refractivity contribution in [3.05, 3.63) is 90.5 Å². The van der Waals surface area contributed by atoms with Crippen LogP contribution in [0.15, 0.2) is 79.4 Å². The molecular weight excluding hydrogens is 357 g/mol. The van der Waals surface area contributed by atoms with Crippen molar-refractivity contribution in [3.63, 3.8) is 0 Å². The van der Waals surface area contributed by atoms with Crippen LogP contribution in [0.3, 0.4) is 0 Å². The first-order valence-electron chi connectivity index (χ1n) is 8.91. The summed E-state index contributed by atoms with van der Waals surface area (Å²) in [7, 11) is -0.573. The third-order valence-corrected chi connectivity index (χ3v) is 6.66. The van der Waals surface area contributed by atoms with Crippen molar-refractivity contribution in [2.45, 2.75) is 19.3 Å². The Kier molecular flexibility index (Phi) is 8.21. The van der Waals surface area contributed by atoms with Gasteiger partial charge in [-0.15, -0.1) is 6.58 Å². The first kappa shape index (κ1) is 21.3. The van der Waals surface area contributed by atoms with Gasteiger partial charge in [-0.1, -0.05) is 72.8 Å². The van der Waals surface area contributed by atoms with Crippen molar-refractivity contribution >= 4 is 13.2 Å². The lowest BCUT2D eigenvalue weighted by molar-refractivity contribution is 0.217. The summed E-state index contributed by atoms with van der Waals surface area (Å²) in [5.74, 6) is -0.557. The molecule has 0 saturated heterocycles. The normalized spacial score (nSPS) is 13.6. The quantitative estimate of drug-likeness (QED) is 0.395. The second-order valence-electron chi connectivity index (χ2n) is 6.09. The molecule has 0 radical (unpaired) electrons. The van der Waals surface area contributed by atoms with Crippen LogP contribution in [0.2, 0.25) is 0 Å². The van der Waals surface area contributed by atoms with E-state index < -0.39 is 13.4 Å². The molecule has 0 N–H and O–H groups in total. The number of nitrogens with zero attached hydrogens (tertiary/aromatic N) is 1. The molecule has 2 rings (SSSR count). The Morgan fingerprint density at radius 1 is 1.07 bits per heavy atom. The van der Waals surface area contributed by atoms with E-state index in [1.165, 1.54) is 14.2 Å². The third-order valence-electron chi connectivity index (χ3n) is 4.44. The lowest BCUT2D eigenvalue weighted by atomic mass is 10.0. The molecule has 0 fully saturated rings. The van der Waals surface area contributed by atoms with Crippen molar-refractivity contribution in [1.82, 2.24) is 4.90 Å². The summed E-state index contributed by atoms with van der Waals surface area (Å²) in [6.45, 7) is 6.97. The highest BCUT2D eigenvalue weighted by molar-refractivity contribution is 7.55. The van der Waals surface area contributed by atoms with Crippen LogP contribution in [-0.2, 0) is 20.2 Å². The van der Waals surface area contributed by atoms with Gasteiger partial charge in [0.2, 0.25) is 0 Å². The molecular formula is C22H28NO3P. The molecule has 0 aromatic heterocycles. The predicted molar refractivity (Wildman–Crippen MR) is 113 cm³/mol. The van der Waals surface area contributed by atoms with Gasteiger partial charge in [-0.25, -0.2) is 0 Å². The Labute approximate surface area is 162 Å². The Bertz CT molecular complexity index is 782. The summed E-state index contributed by atoms with van der Waals surface area (Å²) < 4.78 is 24.4. The van der Waals surface area contributed by atoms with E-state index in [2.05, 4.69) is 23.6 Å². The SMILES string of the molecule is C=CCN(Cc1ccccc1)C(/C(=C/C)c1ccccc1)P(=O)(OC)OC. The average Bonchev–Trinajstić information content (AvgIpc) is 2.72. The lowest BCUT2D eigenvalue weighted by Gasteiger charge is -2.36. The van der Waals surface area contributed by atoms with Gasteiger partial charge < -0.3 is 9.05 Å². The molecule has 2 aromatic carbocycles. The molecule has 144 valence electrons. The van der Waals surface area contributed by atoms with Crippen molar-refractivity contribution < 1.29 is 13.6 Å². The van der Waals surface area contributed by atoms with Gasteiger partial charge in [0.15, 0.2) is 0 Å². The predicted octanol–water partition coefficient (Wildman–Crippen LogP) is 5.59. The first-order chi connectivity index (χ1) is 13.1. The Morgan fingerprint density at radius 3 is 2.11 bits per heavy atom. The molecule has 0 aliphatic heterocycles. The second-order valence-corrected chi connectivity index (χ2v) is 8.39. The smallest absolute Gasteiger partial charge is 0.311 e. The highest BCUT2D eigenvalue weighted by atomic mass is 31.2. The number of hydrogen-bond donors (Lipinski definition) is 0. The molecule has 0 saturated carbocycles. The standard InChI is InChI=1S/C22H28NO3P/c1-5-17-23(18-19-13-9-7-10-14-19)22(27(24,25-3)26-4)21(6-2)20-15-11-8-12-16-20/h5-16,22H,1,17-18H2,2-4H3/b21-6+. The molecule has 0 amide bonds. The fourth-order valence-electron chi connectivity index (χ4n) is 3.17. The van der Waals surface area contributed by atoms with E-state index >= 15 is 0 Å². The largest absolute Gasteiger partial charge is 0.351 e. The lowest BCUT2D eigenvalue weighted by Crippen LogP contribution is -2.36. The summed E-state index contributed by atoms with van der Waals surface area (Å²) in [6, 6.07) is 20.0. The summed E-state index contributed by atoms with van der Waals surface area (Å²) in [5.41, 5.74) is 3.01. The highest BCUT2D eigenvalue weighted by Crippen LogP contribution is 2.57. The van der Waals surface area contributed by atoms with Gasteiger partial charge in [-0.2, -0.15) is 0 Å². The average molecular weight is 385 g/mol. The number of hydrogen-bond acceptors (Lipinski definition) is 4. The van der Waals surface area contributed by atoms with Gasteiger partial charge in [-0.05, 0) is 23.6 Å². The summed E-state index contributed by atoms with van der Waals surface area (Å²) in [4.78, 5) is 2.08. The molecule has 0 bridgehead atoms. The van der Waals surface area contributed by atoms with Gasteiger partial charge >= 0.3 is 7.60 Å². The molecule has 1 atom stereocenters. The van der Waals surface area contributed by atoms with Crippen LogP contribution in [-0.4, -0.2) is 31.4 Å². The van der Waals surface area contributed by atoms with E-state index in [1.54, 1.807) is 0 Å². The number of benzene rings is 2. The summed E-state index contributed by atoms with van der Waals surface area (Å²) >= 11 is 0. The highest BCUT2D eigenvalue weighted by Gasteiger charge is 2.41. The molecule has 2 aromatic rings. The summed E-state index contributed by atoms with van der Waals surface area (Å²) in [5, 5.41) is 0. The molecule has 5 heteroatoms. The molecule has 1 unspecified atom stereocenters. The van der Waals surface area contributed by atoms with E-state index in [-0.39, 0.29) is 0 Å². The Hall–Kier alpha value is -1.97. The van der Waals surface area contributed by atoms with E-state index in [0.717, 1.165) is 16.7 Å². The van der Waals surface area contributed by atoms with Crippen LogP contribution in [0.1, 0.15) is 18.1 Å². The minimum Gasteiger partial charge on any atom is -0.311 e. The van der Waals surface area contributed by atoms with Gasteiger partial charge in [-0.3, -0.25) is 9.46 Å². The van der Waals surface area contributed by atoms with E-state index in [9.17, 15) is 4.57 Å². The second kappa shape index (κ2) is 10.4. The fourth-order valence-corrected chi connectivity index (χ4v) is 4.93. The molecule has 4 nitrogen and oxygen atoms in total. The van der Waals surface area contributed by atoms with Crippen molar-refractivity contribution in [3.8, 4) is 0 Å². The van der Waals surface area contributed by atoms with Crippen LogP contribution >= 0.6 is 7.60 Å². The van der Waals surface area contributed by atoms with Gasteiger partial charge in [0.25, 0.3) is 0 Å². The third kappa shape index (κ3) is 5.27. The first-order valence-corrected chi connectivity index (χ1v) is 10.5. The fraction of sp³-hybridized carbons (Fsp3) is 0.273. The molecule has 0 heterocycles. The van der Waals surface area contributed by atoms with Crippen molar-refractivity contribution in [2.24, 2.45) is 0 Å². The number of rotatable bonds is 10. The maximum absolute atomic E-state index is 13.6. The molecule has 27 heavy (non-hydrogen) atoms. The monoisotopic (exact) mass is 385 g/mol. The topological polar surface area (TPSA) is 38.8 Å². The van der Waals surface area contributed by atoms with Crippen LogP contribution in [0.25, 0.3) is 5.57 Å². The minimum atomic E-state index is -3.44. The van der Waals surface area contributed by atoms with Crippen LogP contribution in [0, 0.1) is 0 Å². The van der Waals surface area contributed by atoms with E-state index in [1.807, 2.05) is 67.6 Å². The zero-order valence-electron chi connectivity index (χ0n) is 16.2. The van der Waals surface area contributed by atoms with Gasteiger partial charge in [0.05, 0.1) is 0 Å². The molecule has 0 spiro atoms. The Balaban J connectivity index is 2.55. The van der Waals surface area contributed by atoms with Crippen molar-refractivity contribution in [2.75, 3.05) is 20.8 Å². The van der Waals surface area contributed by atoms with Crippen LogP contribution < -0.4 is 0 Å². The van der Waals surface area contributed by atoms with E-state index in [0.29, 0.717) is 13.1 Å². The van der Waals surface area contributed by atoms with Crippen LogP contribution in [0.5, 0.6) is 0 Å². The Morgan fingerprint density at radius 2 is 1.63 bits per heavy atom. The van der Waals surface area contributed by atoms with Crippen molar-refractivity contribution in [1.29, 1.82) is 0 Å². The maximum atomic E-state index is 13.6. The minimum absolute atomic E-state index is 0.542. The zero-order chi connectivity index (χ0) is 19.7. The van der Waals surface area contributed by atoms with E-state index in [4.69, 9.17) is 9.05 Å². The zero-order valence-corrected chi connectivity index (χ0v) is 17.1.